The van der Waals surface area contributed by atoms with E-state index < -0.39 is 0 Å². The van der Waals surface area contributed by atoms with Gasteiger partial charge in [0.25, 0.3) is 0 Å². The maximum atomic E-state index is 9.21. The Morgan fingerprint density at radius 2 is 1.55 bits per heavy atom. The minimum absolute atomic E-state index is 0.227. The monoisotopic (exact) mass is 194 g/mol. The molecule has 0 heterocycles. The molecule has 0 aliphatic carbocycles. The number of hydrogen-bond acceptors (Lipinski definition) is 3. The third kappa shape index (κ3) is 4.99. The third-order valence-electron chi connectivity index (χ3n) is 1.79. The van der Waals surface area contributed by atoms with Gasteiger partial charge in [0, 0.05) is 15.7 Å². The van der Waals surface area contributed by atoms with E-state index in [9.17, 15) is 5.11 Å². The molecule has 0 spiro atoms. The van der Waals surface area contributed by atoms with Crippen LogP contribution in [0.1, 0.15) is 27.7 Å². The lowest BCUT2D eigenvalue weighted by molar-refractivity contribution is 0.196. The van der Waals surface area contributed by atoms with Crippen molar-refractivity contribution in [2.24, 2.45) is 0 Å². The first kappa shape index (κ1) is 11.7. The fraction of sp³-hybridized carbons (Fsp3) is 1.00. The highest BCUT2D eigenvalue weighted by Crippen LogP contribution is 2.24. The maximum Gasteiger partial charge on any atom is 0.0628 e. The SMILES string of the molecule is C[C@H](O)[C@H](C)S[C@H](C)[C@H](C)S. The summed E-state index contributed by atoms with van der Waals surface area (Å²) >= 11 is 6.12. The lowest BCUT2D eigenvalue weighted by Crippen LogP contribution is -2.21. The van der Waals surface area contributed by atoms with Gasteiger partial charge in [0.15, 0.2) is 0 Å². The number of thiol groups is 1. The van der Waals surface area contributed by atoms with Crippen molar-refractivity contribution in [2.45, 2.75) is 49.5 Å². The van der Waals surface area contributed by atoms with Crippen LogP contribution < -0.4 is 0 Å². The molecule has 0 fully saturated rings. The number of rotatable bonds is 4. The predicted octanol–water partition coefficient (Wildman–Crippen LogP) is 2.20. The average molecular weight is 194 g/mol. The first-order valence-electron chi connectivity index (χ1n) is 3.96. The van der Waals surface area contributed by atoms with Gasteiger partial charge in [-0.15, -0.1) is 0 Å². The Morgan fingerprint density at radius 3 is 1.82 bits per heavy atom. The second-order valence-corrected chi connectivity index (χ2v) is 5.60. The summed E-state index contributed by atoms with van der Waals surface area (Å²) in [5.74, 6) is 0. The fourth-order valence-corrected chi connectivity index (χ4v) is 1.91. The van der Waals surface area contributed by atoms with Gasteiger partial charge in [0.2, 0.25) is 0 Å². The van der Waals surface area contributed by atoms with Gasteiger partial charge in [-0.05, 0) is 6.92 Å². The van der Waals surface area contributed by atoms with Crippen LogP contribution in [-0.4, -0.2) is 27.0 Å². The molecule has 0 aliphatic rings. The Morgan fingerprint density at radius 1 is 1.09 bits per heavy atom. The molecule has 0 saturated carbocycles. The highest BCUT2D eigenvalue weighted by Gasteiger charge is 2.15. The number of aliphatic hydroxyl groups is 1. The van der Waals surface area contributed by atoms with E-state index in [4.69, 9.17) is 0 Å². The summed E-state index contributed by atoms with van der Waals surface area (Å²) in [6.07, 6.45) is -0.227. The number of aliphatic hydroxyl groups excluding tert-OH is 1. The molecule has 0 bridgehead atoms. The molecule has 0 amide bonds. The standard InChI is InChI=1S/C8H18OS2/c1-5(9)7(3)11-8(4)6(2)10/h5-10H,1-4H3/t5-,6-,7-,8+/m0/s1. The Balaban J connectivity index is 3.66. The van der Waals surface area contributed by atoms with Crippen molar-refractivity contribution < 1.29 is 5.11 Å². The molecule has 0 unspecified atom stereocenters. The first-order chi connectivity index (χ1) is 4.95. The van der Waals surface area contributed by atoms with Gasteiger partial charge in [0.05, 0.1) is 6.10 Å². The highest BCUT2D eigenvalue weighted by atomic mass is 32.2. The van der Waals surface area contributed by atoms with Crippen LogP contribution in [0.5, 0.6) is 0 Å². The van der Waals surface area contributed by atoms with E-state index in [0.29, 0.717) is 15.7 Å². The van der Waals surface area contributed by atoms with Gasteiger partial charge in [-0.25, -0.2) is 0 Å². The van der Waals surface area contributed by atoms with Gasteiger partial charge < -0.3 is 5.11 Å². The van der Waals surface area contributed by atoms with Crippen molar-refractivity contribution >= 4 is 24.4 Å². The lowest BCUT2D eigenvalue weighted by Gasteiger charge is -2.21. The summed E-state index contributed by atoms with van der Waals surface area (Å²) in [4.78, 5) is 0. The van der Waals surface area contributed by atoms with Crippen molar-refractivity contribution in [3.63, 3.8) is 0 Å². The Hall–Kier alpha value is 0.660. The largest absolute Gasteiger partial charge is 0.392 e. The van der Waals surface area contributed by atoms with Crippen LogP contribution in [0.2, 0.25) is 0 Å². The molecule has 11 heavy (non-hydrogen) atoms. The molecule has 0 aromatic heterocycles. The molecule has 0 aromatic rings. The summed E-state index contributed by atoms with van der Waals surface area (Å²) in [6.45, 7) is 8.09. The summed E-state index contributed by atoms with van der Waals surface area (Å²) in [7, 11) is 0. The van der Waals surface area contributed by atoms with Crippen LogP contribution >= 0.6 is 24.4 Å². The maximum absolute atomic E-state index is 9.21. The van der Waals surface area contributed by atoms with Crippen LogP contribution in [0.3, 0.4) is 0 Å². The fourth-order valence-electron chi connectivity index (χ4n) is 0.566. The topological polar surface area (TPSA) is 20.2 Å². The van der Waals surface area contributed by atoms with Gasteiger partial charge in [-0.1, -0.05) is 20.8 Å². The molecule has 0 aromatic carbocycles. The number of thioether (sulfide) groups is 1. The van der Waals surface area contributed by atoms with Gasteiger partial charge in [-0.2, -0.15) is 24.4 Å². The highest BCUT2D eigenvalue weighted by molar-refractivity contribution is 8.01. The molecular formula is C8H18OS2. The minimum atomic E-state index is -0.227. The molecule has 0 rings (SSSR count). The molecule has 0 aliphatic heterocycles. The first-order valence-corrected chi connectivity index (χ1v) is 5.42. The summed E-state index contributed by atoms with van der Waals surface area (Å²) in [5, 5.41) is 10.4. The molecular weight excluding hydrogens is 176 g/mol. The molecule has 0 saturated heterocycles. The van der Waals surface area contributed by atoms with Crippen molar-refractivity contribution in [1.29, 1.82) is 0 Å². The summed E-state index contributed by atoms with van der Waals surface area (Å²) in [6, 6.07) is 0. The Kier molecular flexibility index (Phi) is 5.65. The summed E-state index contributed by atoms with van der Waals surface area (Å²) in [5.41, 5.74) is 0. The molecule has 3 heteroatoms. The second-order valence-electron chi connectivity index (χ2n) is 3.03. The van der Waals surface area contributed by atoms with E-state index in [1.807, 2.05) is 13.8 Å². The van der Waals surface area contributed by atoms with E-state index in [1.54, 1.807) is 11.8 Å². The van der Waals surface area contributed by atoms with E-state index in [0.717, 1.165) is 0 Å². The second kappa shape index (κ2) is 5.33. The van der Waals surface area contributed by atoms with Crippen LogP contribution in [0, 0.1) is 0 Å². The Labute approximate surface area is 79.4 Å². The smallest absolute Gasteiger partial charge is 0.0628 e. The molecule has 1 nitrogen and oxygen atoms in total. The molecule has 68 valence electrons. The Bertz CT molecular complexity index is 92.3. The lowest BCUT2D eigenvalue weighted by atomic mass is 10.3. The van der Waals surface area contributed by atoms with Crippen molar-refractivity contribution in [1.82, 2.24) is 0 Å². The van der Waals surface area contributed by atoms with Crippen molar-refractivity contribution in [3.8, 4) is 0 Å². The normalized spacial score (nSPS) is 22.4. The van der Waals surface area contributed by atoms with Gasteiger partial charge in [0.1, 0.15) is 0 Å². The minimum Gasteiger partial charge on any atom is -0.392 e. The van der Waals surface area contributed by atoms with Crippen LogP contribution in [0.25, 0.3) is 0 Å². The van der Waals surface area contributed by atoms with E-state index in [1.165, 1.54) is 0 Å². The van der Waals surface area contributed by atoms with Crippen LogP contribution in [0.15, 0.2) is 0 Å². The van der Waals surface area contributed by atoms with Gasteiger partial charge in [-0.3, -0.25) is 0 Å². The van der Waals surface area contributed by atoms with Crippen LogP contribution in [0.4, 0.5) is 0 Å². The summed E-state index contributed by atoms with van der Waals surface area (Å²) < 4.78 is 0. The predicted molar refractivity (Wildman–Crippen MR) is 56.6 cm³/mol. The number of hydrogen-bond donors (Lipinski definition) is 2. The van der Waals surface area contributed by atoms with Gasteiger partial charge >= 0.3 is 0 Å². The molecule has 1 N–H and O–H groups in total. The van der Waals surface area contributed by atoms with Crippen molar-refractivity contribution in [3.05, 3.63) is 0 Å². The average Bonchev–Trinajstić information content (AvgIpc) is 1.87. The van der Waals surface area contributed by atoms with Crippen molar-refractivity contribution in [2.75, 3.05) is 0 Å². The van der Waals surface area contributed by atoms with E-state index in [-0.39, 0.29) is 6.10 Å². The zero-order valence-electron chi connectivity index (χ0n) is 7.61. The van der Waals surface area contributed by atoms with E-state index >= 15 is 0 Å². The van der Waals surface area contributed by atoms with Crippen LogP contribution in [-0.2, 0) is 0 Å². The van der Waals surface area contributed by atoms with E-state index in [2.05, 4.69) is 26.5 Å². The third-order valence-corrected chi connectivity index (χ3v) is 4.10. The zero-order chi connectivity index (χ0) is 9.02. The zero-order valence-corrected chi connectivity index (χ0v) is 9.32. The molecule has 0 radical (unpaired) electrons. The molecule has 4 atom stereocenters. The quantitative estimate of drug-likeness (QED) is 0.669.